The van der Waals surface area contributed by atoms with Crippen LogP contribution in [0.1, 0.15) is 94.6 Å². The van der Waals surface area contributed by atoms with Crippen LogP contribution in [0.25, 0.3) is 0 Å². The largest absolute Gasteiger partial charge is 0.464 e. The molecule has 61 heavy (non-hydrogen) atoms. The molecule has 328 valence electrons. The second-order valence-electron chi connectivity index (χ2n) is 16.7. The molecule has 1 N–H and O–H groups in total. The van der Waals surface area contributed by atoms with Gasteiger partial charge in [0.05, 0.1) is 34.6 Å². The average Bonchev–Trinajstić information content (AvgIpc) is 3.43. The van der Waals surface area contributed by atoms with Crippen molar-refractivity contribution in [1.29, 1.82) is 0 Å². The van der Waals surface area contributed by atoms with Gasteiger partial charge in [-0.1, -0.05) is 45.9 Å². The van der Waals surface area contributed by atoms with Crippen LogP contribution < -0.4 is 0 Å². The van der Waals surface area contributed by atoms with Crippen molar-refractivity contribution < 1.29 is 81.4 Å². The lowest BCUT2D eigenvalue weighted by molar-refractivity contribution is -0.375. The van der Waals surface area contributed by atoms with Gasteiger partial charge in [-0.3, -0.25) is 33.8 Å². The van der Waals surface area contributed by atoms with Crippen LogP contribution in [0.15, 0.2) is 48.7 Å². The van der Waals surface area contributed by atoms with Crippen LogP contribution >= 0.6 is 0 Å². The van der Waals surface area contributed by atoms with Gasteiger partial charge in [-0.05, 0) is 38.1 Å². The van der Waals surface area contributed by atoms with E-state index in [-0.39, 0.29) is 16.8 Å². The Balaban J connectivity index is 1.77. The number of hydrogen-bond donors (Lipinski definition) is 1. The minimum absolute atomic E-state index is 0.0529. The smallest absolute Gasteiger partial charge is 0.340 e. The maximum absolute atomic E-state index is 15.5. The van der Waals surface area contributed by atoms with Crippen LogP contribution in [0.2, 0.25) is 0 Å². The number of fused-ring (bicyclic) bond motifs is 5. The standard InChI is InChI=1S/C43H49NO17/c1-20(2)36(49)55-19-42-33(58-25(7)47)30(48)28-32(57-24(6)46)43(42)41(9,53)34(31(56-23(5)45)35(42)60-38(51)26-14-11-10-12-15-26)59-37(50)22(4)21(3)29-27(16-13-17-44-29)39(52)54-18-40(28,8)61-43/h10-17,20-22,28,31-35,53H,18-19H2,1-9H3/t21-,22-,28+,31-,32+,33+,34-,35-,40-,41-,42+,43-/m0/s1. The van der Waals surface area contributed by atoms with E-state index in [1.165, 1.54) is 70.3 Å². The van der Waals surface area contributed by atoms with Crippen LogP contribution in [0.5, 0.6) is 0 Å². The number of ketones is 1. The average molecular weight is 852 g/mol. The summed E-state index contributed by atoms with van der Waals surface area (Å²) in [5, 5.41) is 13.5. The van der Waals surface area contributed by atoms with E-state index < -0.39 is 137 Å². The maximum atomic E-state index is 15.5. The summed E-state index contributed by atoms with van der Waals surface area (Å²) in [6, 6.07) is 10.3. The molecule has 2 saturated carbocycles. The van der Waals surface area contributed by atoms with Crippen molar-refractivity contribution in [3.8, 4) is 0 Å². The Bertz CT molecular complexity index is 2140. The van der Waals surface area contributed by atoms with E-state index in [4.69, 9.17) is 37.9 Å². The molecule has 3 fully saturated rings. The molecule has 4 aliphatic rings. The molecule has 0 radical (unpaired) electrons. The zero-order valence-electron chi connectivity index (χ0n) is 35.2. The van der Waals surface area contributed by atoms with Gasteiger partial charge in [0.15, 0.2) is 35.8 Å². The number of esters is 7. The zero-order valence-corrected chi connectivity index (χ0v) is 35.2. The first kappa shape index (κ1) is 44.8. The minimum Gasteiger partial charge on any atom is -0.464 e. The molecule has 0 amide bonds. The molecule has 1 aromatic heterocycles. The quantitative estimate of drug-likeness (QED) is 0.296. The third-order valence-electron chi connectivity index (χ3n) is 12.3. The number of nitrogens with zero attached hydrogens (tertiary/aromatic N) is 1. The van der Waals surface area contributed by atoms with Gasteiger partial charge in [0.25, 0.3) is 0 Å². The number of ether oxygens (including phenoxy) is 8. The molecule has 0 unspecified atom stereocenters. The maximum Gasteiger partial charge on any atom is 0.340 e. The van der Waals surface area contributed by atoms with E-state index >= 15 is 4.79 Å². The van der Waals surface area contributed by atoms with E-state index in [9.17, 15) is 38.7 Å². The Morgan fingerprint density at radius 2 is 1.49 bits per heavy atom. The van der Waals surface area contributed by atoms with Crippen molar-refractivity contribution >= 4 is 47.6 Å². The van der Waals surface area contributed by atoms with Crippen LogP contribution in [-0.4, -0.2) is 118 Å². The molecule has 1 aromatic carbocycles. The summed E-state index contributed by atoms with van der Waals surface area (Å²) in [5.74, 6) is -13.0. The Hall–Kier alpha value is -5.75. The molecular weight excluding hydrogens is 802 g/mol. The summed E-state index contributed by atoms with van der Waals surface area (Å²) in [5.41, 5.74) is -10.6. The van der Waals surface area contributed by atoms with Crippen molar-refractivity contribution in [3.05, 3.63) is 65.5 Å². The normalized spacial score (nSPS) is 35.4. The predicted octanol–water partition coefficient (Wildman–Crippen LogP) is 2.60. The van der Waals surface area contributed by atoms with E-state index in [1.54, 1.807) is 13.0 Å². The van der Waals surface area contributed by atoms with Gasteiger partial charge >= 0.3 is 41.8 Å². The van der Waals surface area contributed by atoms with Crippen molar-refractivity contribution in [3.63, 3.8) is 0 Å². The SMILES string of the molecule is CC(=O)O[C@@H]1[C@H](OC(=O)c2ccccc2)[C@@]2(COC(=O)C(C)C)[C@H](OC(C)=O)C(=O)[C@@H]3[C@@H](OC(C)=O)[C@@]24O[C@@]3(C)COC(=O)c2cccnc2[C@@H](C)[C@H](C)C(=O)O[C@@H]1[C@]4(C)O. The Morgan fingerprint density at radius 3 is 2.10 bits per heavy atom. The first-order valence-corrected chi connectivity index (χ1v) is 19.8. The molecule has 18 nitrogen and oxygen atoms in total. The van der Waals surface area contributed by atoms with E-state index in [0.717, 1.165) is 27.7 Å². The van der Waals surface area contributed by atoms with Gasteiger partial charge in [0.1, 0.15) is 35.9 Å². The fraction of sp³-hybridized carbons (Fsp3) is 0.558. The molecule has 6 rings (SSSR count). The number of aliphatic hydroxyl groups is 1. The monoisotopic (exact) mass is 851 g/mol. The fourth-order valence-corrected chi connectivity index (χ4v) is 9.41. The molecule has 1 saturated heterocycles. The second kappa shape index (κ2) is 16.3. The molecule has 12 atom stereocenters. The Labute approximate surface area is 350 Å². The number of carbonyl (C=O) groups excluding carboxylic acids is 8. The fourth-order valence-electron chi connectivity index (χ4n) is 9.41. The van der Waals surface area contributed by atoms with Crippen molar-refractivity contribution in [2.24, 2.45) is 23.2 Å². The molecule has 18 heteroatoms. The summed E-state index contributed by atoms with van der Waals surface area (Å²) in [7, 11) is 0. The predicted molar refractivity (Wildman–Crippen MR) is 204 cm³/mol. The van der Waals surface area contributed by atoms with Gasteiger partial charge in [0, 0.05) is 32.9 Å². The highest BCUT2D eigenvalue weighted by Gasteiger charge is 2.91. The summed E-state index contributed by atoms with van der Waals surface area (Å²) >= 11 is 0. The molecule has 2 aliphatic carbocycles. The number of hydrogen-bond acceptors (Lipinski definition) is 18. The molecule has 1 spiro atoms. The number of pyridine rings is 1. The first-order chi connectivity index (χ1) is 28.5. The lowest BCUT2D eigenvalue weighted by Crippen LogP contribution is -2.88. The van der Waals surface area contributed by atoms with Crippen molar-refractivity contribution in [1.82, 2.24) is 4.98 Å². The van der Waals surface area contributed by atoms with Crippen LogP contribution in [-0.2, 0) is 66.7 Å². The third-order valence-corrected chi connectivity index (χ3v) is 12.3. The topological polar surface area (TPSA) is 244 Å². The molecule has 4 bridgehead atoms. The number of aromatic nitrogens is 1. The van der Waals surface area contributed by atoms with Gasteiger partial charge in [-0.25, -0.2) is 9.59 Å². The highest BCUT2D eigenvalue weighted by molar-refractivity contribution is 5.95. The van der Waals surface area contributed by atoms with Crippen LogP contribution in [0.4, 0.5) is 0 Å². The highest BCUT2D eigenvalue weighted by atomic mass is 16.7. The summed E-state index contributed by atoms with van der Waals surface area (Å²) in [4.78, 5) is 116. The van der Waals surface area contributed by atoms with Crippen molar-refractivity contribution in [2.75, 3.05) is 13.2 Å². The Morgan fingerprint density at radius 1 is 0.852 bits per heavy atom. The minimum atomic E-state index is -2.87. The number of carbonyl (C=O) groups is 8. The third kappa shape index (κ3) is 7.22. The summed E-state index contributed by atoms with van der Waals surface area (Å²) in [6.45, 7) is 9.45. The number of cyclic esters (lactones) is 1. The molecule has 2 aromatic rings. The van der Waals surface area contributed by atoms with E-state index in [2.05, 4.69) is 4.98 Å². The Kier molecular flexibility index (Phi) is 11.9. The highest BCUT2D eigenvalue weighted by Crippen LogP contribution is 2.69. The van der Waals surface area contributed by atoms with Gasteiger partial charge in [-0.2, -0.15) is 0 Å². The molecular formula is C43H49NO17. The number of benzene rings is 1. The van der Waals surface area contributed by atoms with E-state index in [1.807, 2.05) is 0 Å². The van der Waals surface area contributed by atoms with Crippen LogP contribution in [0, 0.1) is 23.2 Å². The lowest BCUT2D eigenvalue weighted by atomic mass is 9.45. The van der Waals surface area contributed by atoms with Gasteiger partial charge in [0.2, 0.25) is 0 Å². The number of Topliss-reactive ketones (excluding diaryl/α,β-unsaturated/α-hetero) is 1. The molecule has 2 aliphatic heterocycles. The van der Waals surface area contributed by atoms with Gasteiger partial charge in [-0.15, -0.1) is 0 Å². The van der Waals surface area contributed by atoms with E-state index in [0.29, 0.717) is 0 Å². The zero-order chi connectivity index (χ0) is 45.0. The van der Waals surface area contributed by atoms with Crippen molar-refractivity contribution in [2.45, 2.75) is 116 Å². The first-order valence-electron chi connectivity index (χ1n) is 19.8. The number of rotatable bonds is 8. The lowest BCUT2D eigenvalue weighted by Gasteiger charge is -2.66. The summed E-state index contributed by atoms with van der Waals surface area (Å²) in [6.07, 6.45) is -9.32. The molecule has 3 heterocycles. The van der Waals surface area contributed by atoms with Crippen LogP contribution in [0.3, 0.4) is 0 Å². The second-order valence-corrected chi connectivity index (χ2v) is 16.7. The van der Waals surface area contributed by atoms with Gasteiger partial charge < -0.3 is 43.0 Å². The summed E-state index contributed by atoms with van der Waals surface area (Å²) < 4.78 is 49.0.